The summed E-state index contributed by atoms with van der Waals surface area (Å²) in [5, 5.41) is 8.60. The Bertz CT molecular complexity index is 235. The first-order chi connectivity index (χ1) is 6.86. The zero-order chi connectivity index (χ0) is 10.2. The zero-order valence-electron chi connectivity index (χ0n) is 8.62. The molecule has 1 rings (SSSR count). The van der Waals surface area contributed by atoms with E-state index in [2.05, 4.69) is 13.0 Å². The smallest absolute Gasteiger partial charge is 0.120 e. The van der Waals surface area contributed by atoms with Gasteiger partial charge in [-0.15, -0.1) is 0 Å². The highest BCUT2D eigenvalue weighted by molar-refractivity contribution is 5.27. The Morgan fingerprint density at radius 3 is 3.00 bits per heavy atom. The van der Waals surface area contributed by atoms with Gasteiger partial charge in [0, 0.05) is 0 Å². The van der Waals surface area contributed by atoms with Gasteiger partial charge in [-0.05, 0) is 36.6 Å². The van der Waals surface area contributed by atoms with Crippen LogP contribution in [0, 0.1) is 6.07 Å². The maximum Gasteiger partial charge on any atom is 0.120 e. The van der Waals surface area contributed by atoms with Crippen LogP contribution in [0.25, 0.3) is 0 Å². The van der Waals surface area contributed by atoms with Crippen molar-refractivity contribution in [2.24, 2.45) is 0 Å². The average Bonchev–Trinajstić information content (AvgIpc) is 2.24. The number of rotatable bonds is 6. The molecule has 1 radical (unpaired) electrons. The Morgan fingerprint density at radius 1 is 1.43 bits per heavy atom. The number of unbranched alkanes of at least 4 members (excludes halogenated alkanes) is 1. The van der Waals surface area contributed by atoms with Crippen LogP contribution in [0.1, 0.15) is 25.3 Å². The number of hydrogen-bond acceptors (Lipinski definition) is 2. The molecule has 0 bridgehead atoms. The van der Waals surface area contributed by atoms with Crippen molar-refractivity contribution >= 4 is 0 Å². The lowest BCUT2D eigenvalue weighted by Crippen LogP contribution is -2.01. The van der Waals surface area contributed by atoms with E-state index in [9.17, 15) is 0 Å². The molecule has 0 unspecified atom stereocenters. The zero-order valence-corrected chi connectivity index (χ0v) is 8.62. The number of hydrogen-bond donors (Lipinski definition) is 1. The third kappa shape index (κ3) is 3.79. The summed E-state index contributed by atoms with van der Waals surface area (Å²) in [6.45, 7) is 2.58. The Kier molecular flexibility index (Phi) is 5.08. The predicted octanol–water partition coefficient (Wildman–Crippen LogP) is 2.20. The number of aliphatic hydroxyl groups is 1. The molecule has 2 nitrogen and oxygen atoms in total. The molecule has 0 aromatic heterocycles. The quantitative estimate of drug-likeness (QED) is 0.750. The largest absolute Gasteiger partial charge is 0.491 e. The van der Waals surface area contributed by atoms with Crippen LogP contribution in [-0.2, 0) is 6.42 Å². The summed E-state index contributed by atoms with van der Waals surface area (Å²) in [6, 6.07) is 8.84. The van der Waals surface area contributed by atoms with Crippen LogP contribution in [0.15, 0.2) is 18.2 Å². The summed E-state index contributed by atoms with van der Waals surface area (Å²) in [5.74, 6) is 0.799. The minimum atomic E-state index is 0.0547. The van der Waals surface area contributed by atoms with Gasteiger partial charge in [-0.1, -0.05) is 19.4 Å². The van der Waals surface area contributed by atoms with Crippen molar-refractivity contribution in [1.82, 2.24) is 0 Å². The molecule has 0 saturated carbocycles. The summed E-state index contributed by atoms with van der Waals surface area (Å²) >= 11 is 0. The van der Waals surface area contributed by atoms with E-state index in [4.69, 9.17) is 9.84 Å². The molecule has 77 valence electrons. The lowest BCUT2D eigenvalue weighted by molar-refractivity contribution is 0.201. The van der Waals surface area contributed by atoms with Crippen molar-refractivity contribution in [2.75, 3.05) is 13.2 Å². The van der Waals surface area contributed by atoms with Crippen molar-refractivity contribution in [2.45, 2.75) is 26.2 Å². The van der Waals surface area contributed by atoms with E-state index in [1.165, 1.54) is 18.4 Å². The van der Waals surface area contributed by atoms with E-state index in [1.807, 2.05) is 12.1 Å². The number of aliphatic hydroxyl groups excluding tert-OH is 1. The third-order valence-electron chi connectivity index (χ3n) is 2.00. The van der Waals surface area contributed by atoms with Crippen molar-refractivity contribution in [3.8, 4) is 5.75 Å². The lowest BCUT2D eigenvalue weighted by Gasteiger charge is -2.05. The molecule has 1 aromatic rings. The van der Waals surface area contributed by atoms with E-state index in [-0.39, 0.29) is 6.61 Å². The average molecular weight is 193 g/mol. The molecule has 0 saturated heterocycles. The van der Waals surface area contributed by atoms with Gasteiger partial charge in [0.2, 0.25) is 0 Å². The molecular weight excluding hydrogens is 176 g/mol. The summed E-state index contributed by atoms with van der Waals surface area (Å²) in [5.41, 5.74) is 1.25. The summed E-state index contributed by atoms with van der Waals surface area (Å²) in [7, 11) is 0. The molecule has 0 amide bonds. The highest BCUT2D eigenvalue weighted by atomic mass is 16.5. The summed E-state index contributed by atoms with van der Waals surface area (Å²) in [6.07, 6.45) is 3.46. The Morgan fingerprint density at radius 2 is 2.29 bits per heavy atom. The maximum atomic E-state index is 8.60. The van der Waals surface area contributed by atoms with Gasteiger partial charge < -0.3 is 9.84 Å². The van der Waals surface area contributed by atoms with Crippen molar-refractivity contribution < 1.29 is 9.84 Å². The highest BCUT2D eigenvalue weighted by Crippen LogP contribution is 2.14. The minimum absolute atomic E-state index is 0.0547. The first kappa shape index (κ1) is 11.1. The van der Waals surface area contributed by atoms with E-state index in [1.54, 1.807) is 6.07 Å². The van der Waals surface area contributed by atoms with Gasteiger partial charge >= 0.3 is 0 Å². The van der Waals surface area contributed by atoms with Gasteiger partial charge in [-0.3, -0.25) is 0 Å². The van der Waals surface area contributed by atoms with Gasteiger partial charge in [0.15, 0.2) is 0 Å². The van der Waals surface area contributed by atoms with Crippen LogP contribution >= 0.6 is 0 Å². The fourth-order valence-corrected chi connectivity index (χ4v) is 1.27. The second-order valence-electron chi connectivity index (χ2n) is 3.25. The molecule has 0 aliphatic heterocycles. The fourth-order valence-electron chi connectivity index (χ4n) is 1.27. The second-order valence-corrected chi connectivity index (χ2v) is 3.25. The predicted molar refractivity (Wildman–Crippen MR) is 56.5 cm³/mol. The normalized spacial score (nSPS) is 10.1. The molecule has 0 aliphatic carbocycles. The van der Waals surface area contributed by atoms with E-state index >= 15 is 0 Å². The standard InChI is InChI=1S/C12H17O2/c1-2-3-5-11-6-4-7-12(10-11)14-9-8-13/h6-7,10,13H,2-3,5,8-9H2,1H3. The molecule has 1 N–H and O–H groups in total. The van der Waals surface area contributed by atoms with Gasteiger partial charge in [0.05, 0.1) is 6.61 Å². The fraction of sp³-hybridized carbons (Fsp3) is 0.500. The van der Waals surface area contributed by atoms with Crippen LogP contribution < -0.4 is 4.74 Å². The highest BCUT2D eigenvalue weighted by Gasteiger charge is 1.96. The summed E-state index contributed by atoms with van der Waals surface area (Å²) in [4.78, 5) is 0. The van der Waals surface area contributed by atoms with Gasteiger partial charge in [-0.25, -0.2) is 0 Å². The molecule has 14 heavy (non-hydrogen) atoms. The van der Waals surface area contributed by atoms with Crippen molar-refractivity contribution in [3.63, 3.8) is 0 Å². The van der Waals surface area contributed by atoms with Crippen LogP contribution in [0.3, 0.4) is 0 Å². The number of aryl methyl sites for hydroxylation is 1. The molecule has 0 heterocycles. The van der Waals surface area contributed by atoms with Crippen LogP contribution in [-0.4, -0.2) is 18.3 Å². The molecule has 0 aliphatic rings. The molecule has 0 spiro atoms. The van der Waals surface area contributed by atoms with Gasteiger partial charge in [-0.2, -0.15) is 0 Å². The molecule has 1 aromatic carbocycles. The number of benzene rings is 1. The molecular formula is C12H17O2. The van der Waals surface area contributed by atoms with E-state index < -0.39 is 0 Å². The SMILES string of the molecule is CCCCc1c[c]cc(OCCO)c1. The Labute approximate surface area is 85.5 Å². The maximum absolute atomic E-state index is 8.60. The van der Waals surface area contributed by atoms with Crippen LogP contribution in [0.5, 0.6) is 5.75 Å². The van der Waals surface area contributed by atoms with Crippen LogP contribution in [0.4, 0.5) is 0 Å². The third-order valence-corrected chi connectivity index (χ3v) is 2.00. The first-order valence-electron chi connectivity index (χ1n) is 5.10. The molecule has 0 atom stereocenters. The van der Waals surface area contributed by atoms with E-state index in [0.717, 1.165) is 12.2 Å². The molecule has 2 heteroatoms. The summed E-state index contributed by atoms with van der Waals surface area (Å²) < 4.78 is 5.29. The minimum Gasteiger partial charge on any atom is -0.491 e. The van der Waals surface area contributed by atoms with E-state index in [0.29, 0.717) is 6.61 Å². The number of ether oxygens (including phenoxy) is 1. The van der Waals surface area contributed by atoms with Crippen LogP contribution in [0.2, 0.25) is 0 Å². The monoisotopic (exact) mass is 193 g/mol. The van der Waals surface area contributed by atoms with Crippen molar-refractivity contribution in [3.05, 3.63) is 29.8 Å². The van der Waals surface area contributed by atoms with Gasteiger partial charge in [0.1, 0.15) is 12.4 Å². The first-order valence-corrected chi connectivity index (χ1v) is 5.10. The van der Waals surface area contributed by atoms with Crippen molar-refractivity contribution in [1.29, 1.82) is 0 Å². The topological polar surface area (TPSA) is 29.5 Å². The van der Waals surface area contributed by atoms with Gasteiger partial charge in [0.25, 0.3) is 0 Å². The molecule has 0 fully saturated rings. The Balaban J connectivity index is 2.50. The second kappa shape index (κ2) is 6.44. The lowest BCUT2D eigenvalue weighted by atomic mass is 10.1. The Hall–Kier alpha value is -1.02.